The maximum absolute atomic E-state index is 13.2. The predicted molar refractivity (Wildman–Crippen MR) is 135 cm³/mol. The Labute approximate surface area is 199 Å². The Bertz CT molecular complexity index is 1290. The van der Waals surface area contributed by atoms with Gasteiger partial charge in [-0.15, -0.1) is 0 Å². The van der Waals surface area contributed by atoms with Crippen LogP contribution >= 0.6 is 11.6 Å². The van der Waals surface area contributed by atoms with Crippen LogP contribution in [0.1, 0.15) is 44.1 Å². The minimum absolute atomic E-state index is 0.0392. The molecule has 0 aliphatic carbocycles. The number of halogens is 1. The highest BCUT2D eigenvalue weighted by Gasteiger charge is 2.27. The van der Waals surface area contributed by atoms with Gasteiger partial charge in [0.15, 0.2) is 0 Å². The molecule has 0 bridgehead atoms. The van der Waals surface area contributed by atoms with Gasteiger partial charge in [0.2, 0.25) is 5.78 Å². The molecule has 4 aromatic rings. The summed E-state index contributed by atoms with van der Waals surface area (Å²) in [7, 11) is 0. The SMILES string of the molecule is CCCCCn1c(N2CCC(c3ccccc3)C2)cc(=O)n2cc(-c3ccc(Cl)cc3)nc12. The summed E-state index contributed by atoms with van der Waals surface area (Å²) in [5.41, 5.74) is 3.07. The van der Waals surface area contributed by atoms with E-state index in [0.29, 0.717) is 16.7 Å². The molecule has 0 radical (unpaired) electrons. The van der Waals surface area contributed by atoms with Gasteiger partial charge < -0.3 is 4.90 Å². The monoisotopic (exact) mass is 460 g/mol. The maximum Gasteiger partial charge on any atom is 0.261 e. The number of rotatable bonds is 7. The van der Waals surface area contributed by atoms with Crippen LogP contribution in [0.5, 0.6) is 0 Å². The summed E-state index contributed by atoms with van der Waals surface area (Å²) in [6.07, 6.45) is 6.28. The second kappa shape index (κ2) is 9.44. The molecule has 6 heteroatoms. The number of aryl methyl sites for hydroxylation is 1. The molecular formula is C27H29ClN4O. The number of benzene rings is 2. The van der Waals surface area contributed by atoms with E-state index in [2.05, 4.69) is 46.7 Å². The van der Waals surface area contributed by atoms with Crippen molar-refractivity contribution in [3.8, 4) is 11.3 Å². The maximum atomic E-state index is 13.2. The van der Waals surface area contributed by atoms with Gasteiger partial charge in [0.25, 0.3) is 5.56 Å². The van der Waals surface area contributed by atoms with Crippen molar-refractivity contribution < 1.29 is 0 Å². The van der Waals surface area contributed by atoms with Gasteiger partial charge >= 0.3 is 0 Å². The highest BCUT2D eigenvalue weighted by molar-refractivity contribution is 6.30. The molecule has 3 heterocycles. The standard InChI is InChI=1S/C27H29ClN4O/c1-2-3-7-15-31-25(30-16-14-22(18-30)20-8-5-4-6-9-20)17-26(33)32-19-24(29-27(31)32)21-10-12-23(28)13-11-21/h4-6,8-13,17,19,22H,2-3,7,14-16,18H2,1H3. The Balaban J connectivity index is 1.55. The van der Waals surface area contributed by atoms with Crippen LogP contribution in [0.15, 0.2) is 71.7 Å². The average Bonchev–Trinajstić information content (AvgIpc) is 3.50. The molecule has 1 aliphatic rings. The first kappa shape index (κ1) is 21.8. The first-order valence-electron chi connectivity index (χ1n) is 11.8. The van der Waals surface area contributed by atoms with Crippen molar-refractivity contribution in [1.29, 1.82) is 0 Å². The van der Waals surface area contributed by atoms with Gasteiger partial charge in [0, 0.05) is 48.4 Å². The highest BCUT2D eigenvalue weighted by atomic mass is 35.5. The van der Waals surface area contributed by atoms with E-state index in [0.717, 1.165) is 62.4 Å². The Morgan fingerprint density at radius 3 is 2.61 bits per heavy atom. The Morgan fingerprint density at radius 1 is 1.06 bits per heavy atom. The van der Waals surface area contributed by atoms with Crippen molar-refractivity contribution in [2.75, 3.05) is 18.0 Å². The molecule has 0 N–H and O–H groups in total. The minimum atomic E-state index is -0.0392. The number of imidazole rings is 1. The van der Waals surface area contributed by atoms with E-state index >= 15 is 0 Å². The number of nitrogens with zero attached hydrogens (tertiary/aromatic N) is 4. The van der Waals surface area contributed by atoms with E-state index in [-0.39, 0.29) is 5.56 Å². The molecule has 2 aromatic carbocycles. The second-order valence-electron chi connectivity index (χ2n) is 8.84. The van der Waals surface area contributed by atoms with Crippen LogP contribution in [-0.4, -0.2) is 27.0 Å². The average molecular weight is 461 g/mol. The third kappa shape index (κ3) is 4.42. The van der Waals surface area contributed by atoms with Gasteiger partial charge in [-0.1, -0.05) is 73.8 Å². The van der Waals surface area contributed by atoms with Crippen molar-refractivity contribution in [3.05, 3.63) is 87.8 Å². The zero-order valence-electron chi connectivity index (χ0n) is 19.0. The molecule has 0 amide bonds. The summed E-state index contributed by atoms with van der Waals surface area (Å²) in [6, 6.07) is 20.1. The fraction of sp³-hybridized carbons (Fsp3) is 0.333. The van der Waals surface area contributed by atoms with Crippen LogP contribution in [0.25, 0.3) is 17.0 Å². The van der Waals surface area contributed by atoms with Crippen LogP contribution in [0.4, 0.5) is 5.82 Å². The fourth-order valence-electron chi connectivity index (χ4n) is 4.81. The van der Waals surface area contributed by atoms with E-state index in [9.17, 15) is 4.79 Å². The molecule has 5 nitrogen and oxygen atoms in total. The lowest BCUT2D eigenvalue weighted by molar-refractivity contribution is 0.596. The number of hydrogen-bond acceptors (Lipinski definition) is 3. The van der Waals surface area contributed by atoms with E-state index in [1.165, 1.54) is 5.56 Å². The van der Waals surface area contributed by atoms with Gasteiger partial charge in [-0.25, -0.2) is 4.98 Å². The van der Waals surface area contributed by atoms with Gasteiger partial charge in [0.05, 0.1) is 5.69 Å². The van der Waals surface area contributed by atoms with Crippen LogP contribution in [0, 0.1) is 0 Å². The molecule has 170 valence electrons. The number of hydrogen-bond donors (Lipinski definition) is 0. The Morgan fingerprint density at radius 2 is 1.85 bits per heavy atom. The lowest BCUT2D eigenvalue weighted by atomic mass is 9.99. The Hall–Kier alpha value is -3.05. The molecule has 0 spiro atoms. The zero-order chi connectivity index (χ0) is 22.8. The third-order valence-corrected chi connectivity index (χ3v) is 6.86. The molecule has 1 atom stereocenters. The predicted octanol–water partition coefficient (Wildman–Crippen LogP) is 6.00. The second-order valence-corrected chi connectivity index (χ2v) is 9.28. The topological polar surface area (TPSA) is 42.5 Å². The van der Waals surface area contributed by atoms with Crippen LogP contribution in [0.3, 0.4) is 0 Å². The highest BCUT2D eigenvalue weighted by Crippen LogP contribution is 2.31. The first-order valence-corrected chi connectivity index (χ1v) is 12.2. The summed E-state index contributed by atoms with van der Waals surface area (Å²) in [5, 5.41) is 0.686. The van der Waals surface area contributed by atoms with Gasteiger partial charge in [-0.3, -0.25) is 13.8 Å². The number of unbranched alkanes of at least 4 members (excludes halogenated alkanes) is 2. The normalized spacial score (nSPS) is 16.1. The number of aromatic nitrogens is 3. The van der Waals surface area contributed by atoms with E-state index in [4.69, 9.17) is 16.6 Å². The minimum Gasteiger partial charge on any atom is -0.357 e. The summed E-state index contributed by atoms with van der Waals surface area (Å²) >= 11 is 6.06. The summed E-state index contributed by atoms with van der Waals surface area (Å²) in [5.74, 6) is 2.17. The zero-order valence-corrected chi connectivity index (χ0v) is 19.7. The third-order valence-electron chi connectivity index (χ3n) is 6.60. The smallest absolute Gasteiger partial charge is 0.261 e. The van der Waals surface area contributed by atoms with Crippen molar-refractivity contribution in [3.63, 3.8) is 0 Å². The largest absolute Gasteiger partial charge is 0.357 e. The van der Waals surface area contributed by atoms with Gasteiger partial charge in [-0.05, 0) is 30.5 Å². The van der Waals surface area contributed by atoms with Crippen molar-refractivity contribution in [2.24, 2.45) is 0 Å². The molecule has 1 unspecified atom stereocenters. The Kier molecular flexibility index (Phi) is 6.23. The molecule has 1 aliphatic heterocycles. The summed E-state index contributed by atoms with van der Waals surface area (Å²) in [6.45, 7) is 4.91. The van der Waals surface area contributed by atoms with Gasteiger partial charge in [-0.2, -0.15) is 0 Å². The lowest BCUT2D eigenvalue weighted by Crippen LogP contribution is -2.28. The molecule has 1 saturated heterocycles. The molecular weight excluding hydrogens is 432 g/mol. The van der Waals surface area contributed by atoms with Gasteiger partial charge in [0.1, 0.15) is 5.82 Å². The van der Waals surface area contributed by atoms with E-state index in [1.54, 1.807) is 10.5 Å². The molecule has 1 fully saturated rings. The number of fused-ring (bicyclic) bond motifs is 1. The fourth-order valence-corrected chi connectivity index (χ4v) is 4.93. The van der Waals surface area contributed by atoms with Crippen molar-refractivity contribution in [2.45, 2.75) is 45.1 Å². The van der Waals surface area contributed by atoms with Crippen LogP contribution in [0.2, 0.25) is 5.02 Å². The van der Waals surface area contributed by atoms with E-state index < -0.39 is 0 Å². The molecule has 0 saturated carbocycles. The summed E-state index contributed by atoms with van der Waals surface area (Å²) < 4.78 is 3.92. The molecule has 2 aromatic heterocycles. The van der Waals surface area contributed by atoms with Crippen molar-refractivity contribution >= 4 is 23.2 Å². The van der Waals surface area contributed by atoms with Crippen LogP contribution in [-0.2, 0) is 6.54 Å². The van der Waals surface area contributed by atoms with Crippen molar-refractivity contribution in [1.82, 2.24) is 14.0 Å². The molecule has 5 rings (SSSR count). The molecule has 33 heavy (non-hydrogen) atoms. The summed E-state index contributed by atoms with van der Waals surface area (Å²) in [4.78, 5) is 20.4. The lowest BCUT2D eigenvalue weighted by Gasteiger charge is -2.24. The van der Waals surface area contributed by atoms with Crippen LogP contribution < -0.4 is 10.5 Å². The quantitative estimate of drug-likeness (QED) is 0.317. The van der Waals surface area contributed by atoms with E-state index in [1.807, 2.05) is 30.5 Å². The number of anilines is 1. The first-order chi connectivity index (χ1) is 16.1.